The predicted molar refractivity (Wildman–Crippen MR) is 97.2 cm³/mol. The lowest BCUT2D eigenvalue weighted by Crippen LogP contribution is -2.03. The first-order chi connectivity index (χ1) is 11.5. The number of benzene rings is 2. The highest BCUT2D eigenvalue weighted by atomic mass is 35.5. The molecule has 2 aromatic carbocycles. The minimum Gasteiger partial charge on any atom is -0.495 e. The molecule has 0 saturated carbocycles. The van der Waals surface area contributed by atoms with E-state index >= 15 is 0 Å². The normalized spacial score (nSPS) is 10.4. The summed E-state index contributed by atoms with van der Waals surface area (Å²) in [5.41, 5.74) is 7.92. The molecule has 0 bridgehead atoms. The molecule has 7 heteroatoms. The van der Waals surface area contributed by atoms with Crippen LogP contribution < -0.4 is 15.8 Å². The highest BCUT2D eigenvalue weighted by molar-refractivity contribution is 6.37. The number of anilines is 3. The van der Waals surface area contributed by atoms with E-state index in [1.807, 2.05) is 24.3 Å². The van der Waals surface area contributed by atoms with Crippen LogP contribution in [-0.2, 0) is 0 Å². The number of para-hydroxylation sites is 1. The second-order valence-electron chi connectivity index (χ2n) is 4.97. The second kappa shape index (κ2) is 6.44. The molecule has 1 heterocycles. The lowest BCUT2D eigenvalue weighted by Gasteiger charge is -2.15. The first kappa shape index (κ1) is 16.2. The zero-order valence-corrected chi connectivity index (χ0v) is 14.1. The van der Waals surface area contributed by atoms with E-state index in [1.54, 1.807) is 12.1 Å². The Morgan fingerprint density at radius 2 is 1.96 bits per heavy atom. The molecule has 0 radical (unpaired) electrons. The summed E-state index contributed by atoms with van der Waals surface area (Å²) in [6, 6.07) is 12.7. The number of fused-ring (bicyclic) bond motifs is 1. The number of nitrogens with two attached hydrogens (primary N) is 1. The Kier molecular flexibility index (Phi) is 4.34. The summed E-state index contributed by atoms with van der Waals surface area (Å²) in [4.78, 5) is 4.26. The van der Waals surface area contributed by atoms with Crippen LogP contribution in [0.1, 0.15) is 5.56 Å². The van der Waals surface area contributed by atoms with Crippen LogP contribution in [0.5, 0.6) is 5.75 Å². The lowest BCUT2D eigenvalue weighted by molar-refractivity contribution is 0.415. The molecule has 24 heavy (non-hydrogen) atoms. The summed E-state index contributed by atoms with van der Waals surface area (Å²) in [7, 11) is 1.51. The van der Waals surface area contributed by atoms with Gasteiger partial charge in [0.2, 0.25) is 0 Å². The molecule has 0 aliphatic carbocycles. The summed E-state index contributed by atoms with van der Waals surface area (Å²) in [5.74, 6) is 0.615. The van der Waals surface area contributed by atoms with Crippen LogP contribution in [0.2, 0.25) is 10.0 Å². The fourth-order valence-corrected chi connectivity index (χ4v) is 2.90. The van der Waals surface area contributed by atoms with Crippen molar-refractivity contribution in [1.29, 1.82) is 5.26 Å². The van der Waals surface area contributed by atoms with Gasteiger partial charge in [-0.05, 0) is 12.1 Å². The van der Waals surface area contributed by atoms with E-state index < -0.39 is 0 Å². The van der Waals surface area contributed by atoms with Crippen LogP contribution in [0, 0.1) is 11.3 Å². The molecule has 120 valence electrons. The van der Waals surface area contributed by atoms with Crippen molar-refractivity contribution in [3.05, 3.63) is 52.0 Å². The third kappa shape index (κ3) is 2.78. The molecular weight excluding hydrogens is 347 g/mol. The van der Waals surface area contributed by atoms with Gasteiger partial charge in [0.15, 0.2) is 0 Å². The van der Waals surface area contributed by atoms with E-state index in [0.717, 1.165) is 5.39 Å². The Hall–Kier alpha value is -2.68. The highest BCUT2D eigenvalue weighted by Crippen LogP contribution is 2.38. The number of methoxy groups -OCH3 is 1. The molecule has 0 unspecified atom stereocenters. The summed E-state index contributed by atoms with van der Waals surface area (Å²) in [5, 5.41) is 14.2. The van der Waals surface area contributed by atoms with Gasteiger partial charge in [0.05, 0.1) is 34.0 Å². The van der Waals surface area contributed by atoms with Gasteiger partial charge in [0.1, 0.15) is 23.2 Å². The zero-order valence-electron chi connectivity index (χ0n) is 12.6. The van der Waals surface area contributed by atoms with Crippen molar-refractivity contribution < 1.29 is 4.74 Å². The van der Waals surface area contributed by atoms with Gasteiger partial charge < -0.3 is 15.8 Å². The van der Waals surface area contributed by atoms with Crippen LogP contribution in [0.15, 0.2) is 36.4 Å². The van der Waals surface area contributed by atoms with E-state index in [-0.39, 0.29) is 11.4 Å². The van der Waals surface area contributed by atoms with Gasteiger partial charge >= 0.3 is 0 Å². The SMILES string of the molecule is COc1cc(Nc2c(C#N)c(N)nc3ccccc23)c(Cl)cc1Cl. The van der Waals surface area contributed by atoms with Gasteiger partial charge in [-0.3, -0.25) is 0 Å². The van der Waals surface area contributed by atoms with Crippen LogP contribution in [-0.4, -0.2) is 12.1 Å². The van der Waals surface area contributed by atoms with E-state index in [2.05, 4.69) is 16.4 Å². The van der Waals surface area contributed by atoms with Crippen LogP contribution in [0.25, 0.3) is 10.9 Å². The molecule has 0 saturated heterocycles. The fourth-order valence-electron chi connectivity index (χ4n) is 2.39. The number of rotatable bonds is 3. The average Bonchev–Trinajstić information content (AvgIpc) is 2.57. The number of nitrogens with zero attached hydrogens (tertiary/aromatic N) is 2. The summed E-state index contributed by atoms with van der Waals surface area (Å²) in [6.07, 6.45) is 0. The monoisotopic (exact) mass is 358 g/mol. The quantitative estimate of drug-likeness (QED) is 0.705. The molecule has 1 aromatic heterocycles. The van der Waals surface area contributed by atoms with Gasteiger partial charge in [0.25, 0.3) is 0 Å². The maximum absolute atomic E-state index is 9.46. The number of aromatic nitrogens is 1. The summed E-state index contributed by atoms with van der Waals surface area (Å²) >= 11 is 12.3. The number of hydrogen-bond acceptors (Lipinski definition) is 5. The molecule has 3 rings (SSSR count). The number of pyridine rings is 1. The molecule has 3 aromatic rings. The highest BCUT2D eigenvalue weighted by Gasteiger charge is 2.15. The van der Waals surface area contributed by atoms with E-state index in [9.17, 15) is 5.26 Å². The fraction of sp³-hybridized carbons (Fsp3) is 0.0588. The molecule has 0 atom stereocenters. The van der Waals surface area contributed by atoms with Crippen molar-refractivity contribution in [2.75, 3.05) is 18.2 Å². The summed E-state index contributed by atoms with van der Waals surface area (Å²) < 4.78 is 5.21. The Labute approximate surface area is 148 Å². The predicted octanol–water partition coefficient (Wildman–Crippen LogP) is 4.75. The van der Waals surface area contributed by atoms with E-state index in [0.29, 0.717) is 32.7 Å². The standard InChI is InChI=1S/C17H12Cl2N4O/c1-24-15-7-14(11(18)6-12(15)19)22-16-9-4-2-3-5-13(9)23-17(21)10(16)8-20/h2-7H,1H3,(H3,21,22,23). The minimum absolute atomic E-state index is 0.149. The molecule has 3 N–H and O–H groups in total. The number of ether oxygens (including phenoxy) is 1. The maximum Gasteiger partial charge on any atom is 0.144 e. The number of nitrogens with one attached hydrogen (secondary N) is 1. The third-order valence-electron chi connectivity index (χ3n) is 3.53. The number of hydrogen-bond donors (Lipinski definition) is 2. The van der Waals surface area contributed by atoms with Crippen molar-refractivity contribution in [1.82, 2.24) is 4.98 Å². The van der Waals surface area contributed by atoms with Gasteiger partial charge in [-0.2, -0.15) is 5.26 Å². The Morgan fingerprint density at radius 1 is 1.21 bits per heavy atom. The molecule has 5 nitrogen and oxygen atoms in total. The van der Waals surface area contributed by atoms with Gasteiger partial charge in [-0.25, -0.2) is 4.98 Å². The zero-order chi connectivity index (χ0) is 17.3. The van der Waals surface area contributed by atoms with Crippen molar-refractivity contribution in [3.8, 4) is 11.8 Å². The average molecular weight is 359 g/mol. The Bertz CT molecular complexity index is 982. The van der Waals surface area contributed by atoms with Gasteiger partial charge in [0, 0.05) is 11.5 Å². The number of nitriles is 1. The maximum atomic E-state index is 9.46. The number of nitrogen functional groups attached to an aromatic ring is 1. The molecule has 0 aliphatic rings. The third-order valence-corrected chi connectivity index (χ3v) is 4.14. The Morgan fingerprint density at radius 3 is 2.67 bits per heavy atom. The molecular formula is C17H12Cl2N4O. The smallest absolute Gasteiger partial charge is 0.144 e. The van der Waals surface area contributed by atoms with Crippen molar-refractivity contribution in [3.63, 3.8) is 0 Å². The van der Waals surface area contributed by atoms with Gasteiger partial charge in [-0.1, -0.05) is 41.4 Å². The second-order valence-corrected chi connectivity index (χ2v) is 5.78. The topological polar surface area (TPSA) is 84.0 Å². The van der Waals surface area contributed by atoms with Crippen LogP contribution in [0.4, 0.5) is 17.2 Å². The first-order valence-corrected chi connectivity index (χ1v) is 7.69. The first-order valence-electron chi connectivity index (χ1n) is 6.93. The summed E-state index contributed by atoms with van der Waals surface area (Å²) in [6.45, 7) is 0. The van der Waals surface area contributed by atoms with Crippen molar-refractivity contribution >= 4 is 51.3 Å². The molecule has 0 aliphatic heterocycles. The Balaban J connectivity index is 2.22. The molecule has 0 fully saturated rings. The molecule has 0 amide bonds. The largest absolute Gasteiger partial charge is 0.495 e. The number of halogens is 2. The van der Waals surface area contributed by atoms with E-state index in [4.69, 9.17) is 33.7 Å². The van der Waals surface area contributed by atoms with Gasteiger partial charge in [-0.15, -0.1) is 0 Å². The van der Waals surface area contributed by atoms with Crippen molar-refractivity contribution in [2.24, 2.45) is 0 Å². The lowest BCUT2D eigenvalue weighted by atomic mass is 10.1. The van der Waals surface area contributed by atoms with Crippen molar-refractivity contribution in [2.45, 2.75) is 0 Å². The van der Waals surface area contributed by atoms with Crippen LogP contribution in [0.3, 0.4) is 0 Å². The molecule has 0 spiro atoms. The van der Waals surface area contributed by atoms with E-state index in [1.165, 1.54) is 7.11 Å². The minimum atomic E-state index is 0.149. The van der Waals surface area contributed by atoms with Crippen LogP contribution >= 0.6 is 23.2 Å².